The first-order valence-electron chi connectivity index (χ1n) is 14.4. The number of aryl methyl sites for hydroxylation is 1. The molecule has 0 spiro atoms. The van der Waals surface area contributed by atoms with Crippen molar-refractivity contribution in [1.29, 1.82) is 0 Å². The summed E-state index contributed by atoms with van der Waals surface area (Å²) in [7, 11) is 0. The van der Waals surface area contributed by atoms with Crippen molar-refractivity contribution < 1.29 is 14.3 Å². The highest BCUT2D eigenvalue weighted by molar-refractivity contribution is 6.02. The minimum atomic E-state index is -0.310. The second kappa shape index (κ2) is 14.2. The third-order valence-corrected chi connectivity index (χ3v) is 6.91. The highest BCUT2D eigenvalue weighted by atomic mass is 16.5. The molecule has 0 aliphatic carbocycles. The van der Waals surface area contributed by atoms with Crippen LogP contribution >= 0.6 is 0 Å². The number of para-hydroxylation sites is 2. The zero-order valence-electron chi connectivity index (χ0n) is 25.0. The number of hydrogen-bond donors (Lipinski definition) is 3. The lowest BCUT2D eigenvalue weighted by Gasteiger charge is -2.24. The first kappa shape index (κ1) is 30.2. The molecule has 0 radical (unpaired) electrons. The van der Waals surface area contributed by atoms with Gasteiger partial charge in [-0.05, 0) is 78.4 Å². The first-order chi connectivity index (χ1) is 20.2. The molecule has 0 fully saturated rings. The molecule has 7 heteroatoms. The summed E-state index contributed by atoms with van der Waals surface area (Å²) in [6.07, 6.45) is 0. The Kier molecular flexibility index (Phi) is 10.2. The standard InChI is InChI=1S/C35H40N4O3/c1-24(2)31-12-9-13-32(25(3)4)33(31)38-34(40)36-22-23-39(35(41)37-27-16-14-26(5)15-17-27)28-18-20-30(21-19-28)42-29-10-7-6-8-11-29/h6-21,24-25H,22-23H2,1-5H3,(H,37,41)(H2,36,38,40). The number of nitrogens with zero attached hydrogens (tertiary/aromatic N) is 1. The van der Waals surface area contributed by atoms with E-state index in [1.165, 1.54) is 0 Å². The third-order valence-electron chi connectivity index (χ3n) is 6.91. The highest BCUT2D eigenvalue weighted by Gasteiger charge is 2.19. The largest absolute Gasteiger partial charge is 0.457 e. The van der Waals surface area contributed by atoms with Crippen LogP contribution in [0.3, 0.4) is 0 Å². The van der Waals surface area contributed by atoms with Crippen LogP contribution in [0.15, 0.2) is 97.1 Å². The van der Waals surface area contributed by atoms with Gasteiger partial charge in [-0.15, -0.1) is 0 Å². The van der Waals surface area contributed by atoms with Crippen molar-refractivity contribution in [1.82, 2.24) is 5.32 Å². The molecule has 0 aromatic heterocycles. The van der Waals surface area contributed by atoms with Crippen LogP contribution in [0, 0.1) is 6.92 Å². The average Bonchev–Trinajstić information content (AvgIpc) is 2.97. The van der Waals surface area contributed by atoms with Gasteiger partial charge in [-0.1, -0.05) is 81.8 Å². The first-order valence-corrected chi connectivity index (χ1v) is 14.4. The Hall–Kier alpha value is -4.78. The van der Waals surface area contributed by atoms with Gasteiger partial charge in [0.15, 0.2) is 0 Å². The molecule has 42 heavy (non-hydrogen) atoms. The molecule has 0 aliphatic rings. The van der Waals surface area contributed by atoms with Gasteiger partial charge in [-0.25, -0.2) is 9.59 Å². The Morgan fingerprint density at radius 2 is 1.31 bits per heavy atom. The lowest BCUT2D eigenvalue weighted by Crippen LogP contribution is -2.42. The Morgan fingerprint density at radius 3 is 1.90 bits per heavy atom. The second-order valence-corrected chi connectivity index (χ2v) is 10.9. The lowest BCUT2D eigenvalue weighted by molar-refractivity contribution is 0.250. The van der Waals surface area contributed by atoms with Crippen LogP contribution in [0.4, 0.5) is 26.7 Å². The van der Waals surface area contributed by atoms with Crippen LogP contribution in [-0.4, -0.2) is 25.2 Å². The predicted molar refractivity (Wildman–Crippen MR) is 172 cm³/mol. The molecule has 0 heterocycles. The summed E-state index contributed by atoms with van der Waals surface area (Å²) in [5, 5.41) is 8.98. The van der Waals surface area contributed by atoms with Crippen molar-refractivity contribution in [2.24, 2.45) is 0 Å². The minimum Gasteiger partial charge on any atom is -0.457 e. The number of urea groups is 2. The molecule has 7 nitrogen and oxygen atoms in total. The number of anilines is 3. The van der Waals surface area contributed by atoms with Gasteiger partial charge in [0.2, 0.25) is 0 Å². The zero-order valence-corrected chi connectivity index (χ0v) is 25.0. The Bertz CT molecular complexity index is 1440. The van der Waals surface area contributed by atoms with E-state index < -0.39 is 0 Å². The normalized spacial score (nSPS) is 10.8. The van der Waals surface area contributed by atoms with Gasteiger partial charge in [0.25, 0.3) is 0 Å². The summed E-state index contributed by atoms with van der Waals surface area (Å²) >= 11 is 0. The van der Waals surface area contributed by atoms with E-state index in [4.69, 9.17) is 4.74 Å². The van der Waals surface area contributed by atoms with E-state index in [-0.39, 0.29) is 37.0 Å². The fraction of sp³-hybridized carbons (Fsp3) is 0.257. The van der Waals surface area contributed by atoms with E-state index >= 15 is 0 Å². The SMILES string of the molecule is Cc1ccc(NC(=O)N(CCNC(=O)Nc2c(C(C)C)cccc2C(C)C)c2ccc(Oc3ccccc3)cc2)cc1. The molecule has 0 atom stereocenters. The molecule has 4 rings (SSSR count). The monoisotopic (exact) mass is 564 g/mol. The van der Waals surface area contributed by atoms with E-state index in [9.17, 15) is 9.59 Å². The number of amides is 4. The van der Waals surface area contributed by atoms with Crippen LogP contribution in [-0.2, 0) is 0 Å². The number of carbonyl (C=O) groups is 2. The molecule has 0 aliphatic heterocycles. The van der Waals surface area contributed by atoms with Gasteiger partial charge in [-0.3, -0.25) is 4.90 Å². The molecule has 0 bridgehead atoms. The molecule has 0 unspecified atom stereocenters. The van der Waals surface area contributed by atoms with Crippen molar-refractivity contribution >= 4 is 29.1 Å². The van der Waals surface area contributed by atoms with Crippen molar-refractivity contribution in [3.8, 4) is 11.5 Å². The Labute approximate surface area is 248 Å². The van der Waals surface area contributed by atoms with Crippen LogP contribution in [0.5, 0.6) is 11.5 Å². The van der Waals surface area contributed by atoms with E-state index in [2.05, 4.69) is 55.8 Å². The number of ether oxygens (including phenoxy) is 1. The van der Waals surface area contributed by atoms with Gasteiger partial charge in [0, 0.05) is 30.2 Å². The van der Waals surface area contributed by atoms with Crippen LogP contribution in [0.25, 0.3) is 0 Å². The molecular weight excluding hydrogens is 524 g/mol. The topological polar surface area (TPSA) is 82.7 Å². The van der Waals surface area contributed by atoms with Gasteiger partial charge in [0.05, 0.1) is 0 Å². The molecule has 218 valence electrons. The summed E-state index contributed by atoms with van der Waals surface area (Å²) in [5.41, 5.74) is 5.50. The summed E-state index contributed by atoms with van der Waals surface area (Å²) < 4.78 is 5.92. The maximum absolute atomic E-state index is 13.4. The maximum atomic E-state index is 13.4. The summed E-state index contributed by atoms with van der Waals surface area (Å²) in [4.78, 5) is 28.1. The maximum Gasteiger partial charge on any atom is 0.326 e. The lowest BCUT2D eigenvalue weighted by atomic mass is 9.93. The van der Waals surface area contributed by atoms with Crippen molar-refractivity contribution in [2.45, 2.75) is 46.5 Å². The van der Waals surface area contributed by atoms with E-state index in [0.29, 0.717) is 17.1 Å². The number of hydrogen-bond acceptors (Lipinski definition) is 3. The van der Waals surface area contributed by atoms with Crippen molar-refractivity contribution in [3.05, 3.63) is 114 Å². The summed E-state index contributed by atoms with van der Waals surface area (Å²) in [5.74, 6) is 1.91. The highest BCUT2D eigenvalue weighted by Crippen LogP contribution is 2.32. The Balaban J connectivity index is 1.47. The molecular formula is C35H40N4O3. The van der Waals surface area contributed by atoms with Gasteiger partial charge in [0.1, 0.15) is 11.5 Å². The van der Waals surface area contributed by atoms with E-state index in [1.54, 1.807) is 4.90 Å². The van der Waals surface area contributed by atoms with Crippen LogP contribution < -0.4 is 25.6 Å². The molecule has 4 amide bonds. The second-order valence-electron chi connectivity index (χ2n) is 10.9. The quantitative estimate of drug-likeness (QED) is 0.180. The Morgan fingerprint density at radius 1 is 0.714 bits per heavy atom. The number of nitrogens with one attached hydrogen (secondary N) is 3. The minimum absolute atomic E-state index is 0.246. The number of rotatable bonds is 10. The van der Waals surface area contributed by atoms with Crippen molar-refractivity contribution in [2.75, 3.05) is 28.6 Å². The molecule has 3 N–H and O–H groups in total. The summed E-state index contributed by atoms with van der Waals surface area (Å²) in [6.45, 7) is 11.0. The average molecular weight is 565 g/mol. The molecule has 0 saturated carbocycles. The van der Waals surface area contributed by atoms with Gasteiger partial charge >= 0.3 is 12.1 Å². The molecule has 4 aromatic carbocycles. The molecule has 0 saturated heterocycles. The number of carbonyl (C=O) groups excluding carboxylic acids is 2. The number of benzene rings is 4. The van der Waals surface area contributed by atoms with Crippen molar-refractivity contribution in [3.63, 3.8) is 0 Å². The van der Waals surface area contributed by atoms with Crippen LogP contribution in [0.2, 0.25) is 0 Å². The van der Waals surface area contributed by atoms with Gasteiger partial charge in [-0.2, -0.15) is 0 Å². The predicted octanol–water partition coefficient (Wildman–Crippen LogP) is 8.89. The third kappa shape index (κ3) is 8.13. The van der Waals surface area contributed by atoms with Crippen LogP contribution in [0.1, 0.15) is 56.2 Å². The fourth-order valence-electron chi connectivity index (χ4n) is 4.63. The summed E-state index contributed by atoms with van der Waals surface area (Å²) in [6, 6.07) is 30.0. The smallest absolute Gasteiger partial charge is 0.326 e. The van der Waals surface area contributed by atoms with E-state index in [1.807, 2.05) is 91.9 Å². The van der Waals surface area contributed by atoms with Gasteiger partial charge < -0.3 is 20.7 Å². The molecule has 4 aromatic rings. The van der Waals surface area contributed by atoms with E-state index in [0.717, 1.165) is 28.1 Å². The zero-order chi connectivity index (χ0) is 30.1. The fourth-order valence-corrected chi connectivity index (χ4v) is 4.63.